The number of likely N-dealkylation sites (tertiary alicyclic amines) is 1. The molecular weight excluding hydrogens is 616 g/mol. The third kappa shape index (κ3) is 5.63. The maximum atomic E-state index is 14.3. The minimum atomic E-state index is -4.86. The molecule has 0 radical (unpaired) electrons. The van der Waals surface area contributed by atoms with Crippen LogP contribution in [0.5, 0.6) is 5.88 Å². The van der Waals surface area contributed by atoms with Crippen LogP contribution in [0.2, 0.25) is 0 Å². The van der Waals surface area contributed by atoms with E-state index < -0.39 is 44.1 Å². The van der Waals surface area contributed by atoms with Crippen molar-refractivity contribution in [2.45, 2.75) is 17.7 Å². The van der Waals surface area contributed by atoms with Crippen LogP contribution in [-0.4, -0.2) is 67.5 Å². The molecule has 1 amide bonds. The first-order chi connectivity index (χ1) is 21.4. The Bertz CT molecular complexity index is 1940. The van der Waals surface area contributed by atoms with Crippen molar-refractivity contribution in [2.24, 2.45) is 5.41 Å². The second-order valence-electron chi connectivity index (χ2n) is 11.1. The molecular formula is C30H26F4N6O4S. The van der Waals surface area contributed by atoms with Crippen molar-refractivity contribution in [1.29, 1.82) is 0 Å². The highest BCUT2D eigenvalue weighted by molar-refractivity contribution is 7.92. The van der Waals surface area contributed by atoms with E-state index in [0.717, 1.165) is 18.2 Å². The lowest BCUT2D eigenvalue weighted by atomic mass is 9.72. The Morgan fingerprint density at radius 3 is 2.33 bits per heavy atom. The van der Waals surface area contributed by atoms with E-state index in [0.29, 0.717) is 48.6 Å². The predicted molar refractivity (Wildman–Crippen MR) is 157 cm³/mol. The van der Waals surface area contributed by atoms with E-state index in [1.807, 2.05) is 6.07 Å². The topological polar surface area (TPSA) is 118 Å². The fraction of sp³-hybridized carbons (Fsp3) is 0.267. The molecule has 0 atom stereocenters. The molecule has 0 unspecified atom stereocenters. The Kier molecular flexibility index (Phi) is 7.59. The van der Waals surface area contributed by atoms with Crippen LogP contribution in [0.25, 0.3) is 22.0 Å². The zero-order valence-corrected chi connectivity index (χ0v) is 24.7. The summed E-state index contributed by atoms with van der Waals surface area (Å²) in [6.07, 6.45) is 4.47. The first-order valence-corrected chi connectivity index (χ1v) is 15.2. The first-order valence-electron chi connectivity index (χ1n) is 13.7. The minimum absolute atomic E-state index is 0.0755. The molecule has 2 fully saturated rings. The number of carbonyl (C=O) groups is 1. The van der Waals surface area contributed by atoms with Crippen molar-refractivity contribution in [2.75, 3.05) is 42.9 Å². The summed E-state index contributed by atoms with van der Waals surface area (Å²) in [7, 11) is -3.61. The van der Waals surface area contributed by atoms with Crippen LogP contribution in [0.4, 0.5) is 29.1 Å². The number of pyridine rings is 1. The van der Waals surface area contributed by atoms with Crippen molar-refractivity contribution in [3.8, 4) is 17.0 Å². The quantitative estimate of drug-likeness (QED) is 0.225. The van der Waals surface area contributed by atoms with Crippen molar-refractivity contribution >= 4 is 38.3 Å². The SMILES string of the molecule is C=C(F)C(=O)N1CC2(CCN(c3ncnc4ccc(-c5cnc(OC)c(NS(=O)(=O)c6c(F)cc(F)cc6F)c5)cc34)CC2)C1. The molecule has 0 aliphatic carbocycles. The molecule has 0 saturated carbocycles. The number of hydrogen-bond acceptors (Lipinski definition) is 8. The Hall–Kier alpha value is -4.79. The molecule has 2 aromatic heterocycles. The molecule has 15 heteroatoms. The molecule has 1 spiro atoms. The average molecular weight is 643 g/mol. The molecule has 10 nitrogen and oxygen atoms in total. The van der Waals surface area contributed by atoms with E-state index in [4.69, 9.17) is 4.74 Å². The standard InChI is InChI=1S/C30H26F4N6O4S/c1-17(31)29(41)40-14-30(15-40)5-7-39(8-6-30)27-21-9-18(3-4-24(21)36-16-37-27)19-10-25(28(44-2)35-13-19)38-45(42,43)26-22(33)11-20(32)12-23(26)34/h3-4,9-13,16,38H,1,5-8,14-15H2,2H3. The number of nitrogens with one attached hydrogen (secondary N) is 1. The minimum Gasteiger partial charge on any atom is -0.480 e. The number of aromatic nitrogens is 3. The highest BCUT2D eigenvalue weighted by Gasteiger charge is 2.47. The van der Waals surface area contributed by atoms with Crippen molar-refractivity contribution in [3.63, 3.8) is 0 Å². The van der Waals surface area contributed by atoms with E-state index in [1.54, 1.807) is 12.1 Å². The van der Waals surface area contributed by atoms with Crippen molar-refractivity contribution in [3.05, 3.63) is 78.8 Å². The number of hydrogen-bond donors (Lipinski definition) is 1. The van der Waals surface area contributed by atoms with Gasteiger partial charge in [-0.2, -0.15) is 0 Å². The summed E-state index contributed by atoms with van der Waals surface area (Å²) in [6, 6.07) is 7.29. The van der Waals surface area contributed by atoms with Crippen molar-refractivity contribution < 1.29 is 35.5 Å². The number of benzene rings is 2. The number of halogens is 4. The van der Waals surface area contributed by atoms with Gasteiger partial charge in [-0.05, 0) is 36.6 Å². The number of rotatable bonds is 7. The second-order valence-corrected chi connectivity index (χ2v) is 12.7. The molecule has 0 bridgehead atoms. The van der Waals surface area contributed by atoms with Crippen LogP contribution in [0, 0.1) is 22.9 Å². The van der Waals surface area contributed by atoms with Gasteiger partial charge in [-0.15, -0.1) is 0 Å². The summed E-state index contributed by atoms with van der Waals surface area (Å²) in [5.41, 5.74) is 1.44. The molecule has 2 saturated heterocycles. The molecule has 4 aromatic rings. The third-order valence-electron chi connectivity index (χ3n) is 8.16. The molecule has 4 heterocycles. The molecule has 2 aliphatic heterocycles. The highest BCUT2D eigenvalue weighted by atomic mass is 32.2. The van der Waals surface area contributed by atoms with Crippen LogP contribution in [-0.2, 0) is 14.8 Å². The van der Waals surface area contributed by atoms with Crippen LogP contribution < -0.4 is 14.4 Å². The lowest BCUT2D eigenvalue weighted by Gasteiger charge is -2.54. The van der Waals surface area contributed by atoms with Gasteiger partial charge in [-0.1, -0.05) is 12.6 Å². The van der Waals surface area contributed by atoms with Gasteiger partial charge in [0.05, 0.1) is 12.6 Å². The zero-order valence-electron chi connectivity index (χ0n) is 23.9. The molecule has 45 heavy (non-hydrogen) atoms. The summed E-state index contributed by atoms with van der Waals surface area (Å²) in [6.45, 7) is 5.36. The van der Waals surface area contributed by atoms with Gasteiger partial charge in [0.15, 0.2) is 10.7 Å². The number of methoxy groups -OCH3 is 1. The Labute approximate surface area is 255 Å². The van der Waals surface area contributed by atoms with Gasteiger partial charge in [-0.25, -0.2) is 40.9 Å². The molecule has 6 rings (SSSR count). The van der Waals surface area contributed by atoms with Crippen LogP contribution >= 0.6 is 0 Å². The van der Waals surface area contributed by atoms with Gasteiger partial charge in [-0.3, -0.25) is 9.52 Å². The van der Waals surface area contributed by atoms with Crippen LogP contribution in [0.1, 0.15) is 12.8 Å². The summed E-state index contributed by atoms with van der Waals surface area (Å²) in [5.74, 6) is -5.56. The maximum Gasteiger partial charge on any atom is 0.282 e. The van der Waals surface area contributed by atoms with Gasteiger partial charge >= 0.3 is 0 Å². The summed E-state index contributed by atoms with van der Waals surface area (Å²) < 4.78 is 88.5. The monoisotopic (exact) mass is 642 g/mol. The third-order valence-corrected chi connectivity index (χ3v) is 9.58. The average Bonchev–Trinajstić information content (AvgIpc) is 2.98. The van der Waals surface area contributed by atoms with Gasteiger partial charge in [0.25, 0.3) is 15.9 Å². The van der Waals surface area contributed by atoms with Gasteiger partial charge in [0.1, 0.15) is 35.3 Å². The molecule has 2 aliphatic rings. The number of amides is 1. The number of piperidine rings is 1. The Balaban J connectivity index is 1.27. The number of anilines is 2. The summed E-state index contributed by atoms with van der Waals surface area (Å²) >= 11 is 0. The van der Waals surface area contributed by atoms with E-state index in [9.17, 15) is 30.8 Å². The lowest BCUT2D eigenvalue weighted by molar-refractivity contribution is -0.142. The van der Waals surface area contributed by atoms with Gasteiger partial charge in [0.2, 0.25) is 5.88 Å². The number of nitrogens with zero attached hydrogens (tertiary/aromatic N) is 5. The molecule has 234 valence electrons. The van der Waals surface area contributed by atoms with E-state index in [1.165, 1.54) is 30.6 Å². The van der Waals surface area contributed by atoms with E-state index in [2.05, 4.69) is 31.2 Å². The van der Waals surface area contributed by atoms with Crippen molar-refractivity contribution in [1.82, 2.24) is 19.9 Å². The predicted octanol–water partition coefficient (Wildman–Crippen LogP) is 4.83. The van der Waals surface area contributed by atoms with Gasteiger partial charge in [0, 0.05) is 60.9 Å². The zero-order chi connectivity index (χ0) is 32.1. The summed E-state index contributed by atoms with van der Waals surface area (Å²) in [4.78, 5) is 27.2. The van der Waals surface area contributed by atoms with E-state index >= 15 is 0 Å². The van der Waals surface area contributed by atoms with E-state index in [-0.39, 0.29) is 29.1 Å². The first kappa shape index (κ1) is 30.2. The number of carbonyl (C=O) groups excluding carboxylic acids is 1. The maximum absolute atomic E-state index is 14.3. The number of sulfonamides is 1. The Morgan fingerprint density at radius 2 is 1.69 bits per heavy atom. The number of ether oxygens (including phenoxy) is 1. The molecule has 2 aromatic carbocycles. The normalized spacial score (nSPS) is 16.0. The van der Waals surface area contributed by atoms with Crippen LogP contribution in [0.15, 0.2) is 66.2 Å². The summed E-state index contributed by atoms with van der Waals surface area (Å²) in [5, 5.41) is 0.721. The van der Waals surface area contributed by atoms with Crippen LogP contribution in [0.3, 0.4) is 0 Å². The second kappa shape index (κ2) is 11.3. The smallest absolute Gasteiger partial charge is 0.282 e. The largest absolute Gasteiger partial charge is 0.480 e. The Morgan fingerprint density at radius 1 is 1.00 bits per heavy atom. The fourth-order valence-electron chi connectivity index (χ4n) is 5.89. The molecule has 1 N–H and O–H groups in total. The number of fused-ring (bicyclic) bond motifs is 1. The van der Waals surface area contributed by atoms with Gasteiger partial charge < -0.3 is 14.5 Å². The highest BCUT2D eigenvalue weighted by Crippen LogP contribution is 2.42. The lowest BCUT2D eigenvalue weighted by Crippen LogP contribution is -2.62. The fourth-order valence-corrected chi connectivity index (χ4v) is 7.06.